The summed E-state index contributed by atoms with van der Waals surface area (Å²) < 4.78 is 37.9. The molecule has 2 aromatic carbocycles. The van der Waals surface area contributed by atoms with Crippen LogP contribution in [0.5, 0.6) is 0 Å². The molecule has 0 saturated heterocycles. The van der Waals surface area contributed by atoms with Crippen LogP contribution in [0.15, 0.2) is 42.5 Å². The predicted molar refractivity (Wildman–Crippen MR) is 87.9 cm³/mol. The first-order chi connectivity index (χ1) is 11.3. The van der Waals surface area contributed by atoms with Gasteiger partial charge >= 0.3 is 12.1 Å². The van der Waals surface area contributed by atoms with Crippen molar-refractivity contribution in [1.82, 2.24) is 4.98 Å². The summed E-state index contributed by atoms with van der Waals surface area (Å²) in [5, 5.41) is 2.95. The Morgan fingerprint density at radius 1 is 1.08 bits per heavy atom. The van der Waals surface area contributed by atoms with E-state index in [-0.39, 0.29) is 5.69 Å². The quantitative estimate of drug-likeness (QED) is 0.685. The van der Waals surface area contributed by atoms with E-state index in [2.05, 4.69) is 4.98 Å². The van der Waals surface area contributed by atoms with Crippen LogP contribution in [-0.4, -0.2) is 17.1 Å². The topological polar surface area (TPSA) is 44.9 Å². The Balaban J connectivity index is 2.14. The number of hydrogen-bond acceptors (Lipinski definition) is 1. The number of rotatable bonds is 2. The first-order valence-electron chi connectivity index (χ1n) is 7.33. The molecule has 0 atom stereocenters. The van der Waals surface area contributed by atoms with Crippen LogP contribution in [-0.2, 0) is 4.79 Å². The summed E-state index contributed by atoms with van der Waals surface area (Å²) >= 11 is 0. The summed E-state index contributed by atoms with van der Waals surface area (Å²) in [5.74, 6) is -1.98. The second-order valence-electron chi connectivity index (χ2n) is 5.73. The van der Waals surface area contributed by atoms with Gasteiger partial charge in [0.25, 0.3) is 0 Å². The number of carbonyl (C=O) groups excluding carboxylic acids is 1. The maximum Gasteiger partial charge on any atom is 0.471 e. The zero-order valence-corrected chi connectivity index (χ0v) is 13.1. The maximum absolute atomic E-state index is 12.6. The number of benzene rings is 2. The average molecular weight is 332 g/mol. The lowest BCUT2D eigenvalue weighted by molar-refractivity contribution is -0.167. The molecule has 0 bridgehead atoms. The monoisotopic (exact) mass is 332 g/mol. The van der Waals surface area contributed by atoms with Gasteiger partial charge in [0.05, 0.1) is 5.69 Å². The molecule has 0 aliphatic rings. The van der Waals surface area contributed by atoms with Gasteiger partial charge in [-0.3, -0.25) is 4.79 Å². The summed E-state index contributed by atoms with van der Waals surface area (Å²) in [5.41, 5.74) is 3.68. The van der Waals surface area contributed by atoms with Crippen LogP contribution in [0.1, 0.15) is 11.1 Å². The first-order valence-corrected chi connectivity index (χ1v) is 7.33. The number of H-pyrrole nitrogens is 1. The zero-order chi connectivity index (χ0) is 17.5. The molecule has 0 saturated carbocycles. The third-order valence-electron chi connectivity index (χ3n) is 3.80. The van der Waals surface area contributed by atoms with Crippen molar-refractivity contribution >= 4 is 22.5 Å². The highest BCUT2D eigenvalue weighted by Crippen LogP contribution is 2.34. The van der Waals surface area contributed by atoms with Gasteiger partial charge in [-0.25, -0.2) is 0 Å². The number of amides is 1. The maximum atomic E-state index is 12.6. The fraction of sp³-hybridized carbons (Fsp3) is 0.167. The van der Waals surface area contributed by atoms with E-state index in [1.807, 2.05) is 42.6 Å². The van der Waals surface area contributed by atoms with E-state index in [1.54, 1.807) is 19.1 Å². The van der Waals surface area contributed by atoms with Gasteiger partial charge in [0.15, 0.2) is 0 Å². The van der Waals surface area contributed by atoms with Crippen molar-refractivity contribution in [3.63, 3.8) is 0 Å². The Hall–Kier alpha value is -2.76. The van der Waals surface area contributed by atoms with Crippen LogP contribution >= 0.6 is 0 Å². The molecule has 3 nitrogen and oxygen atoms in total. The molecule has 1 amide bonds. The van der Waals surface area contributed by atoms with E-state index >= 15 is 0 Å². The van der Waals surface area contributed by atoms with Gasteiger partial charge in [0, 0.05) is 22.2 Å². The number of para-hydroxylation sites is 1. The van der Waals surface area contributed by atoms with Crippen molar-refractivity contribution in [3.05, 3.63) is 53.6 Å². The third-order valence-corrected chi connectivity index (χ3v) is 3.80. The van der Waals surface area contributed by atoms with E-state index in [0.717, 1.165) is 16.5 Å². The predicted octanol–water partition coefficient (Wildman–Crippen LogP) is 4.95. The lowest BCUT2D eigenvalue weighted by Gasteiger charge is -2.15. The molecule has 3 rings (SSSR count). The number of aromatic amines is 1. The molecule has 2 N–H and O–H groups in total. The molecule has 3 aromatic rings. The number of aromatic nitrogens is 1. The Kier molecular flexibility index (Phi) is 3.83. The number of alkyl halides is 3. The van der Waals surface area contributed by atoms with E-state index in [4.69, 9.17) is 0 Å². The average Bonchev–Trinajstić information content (AvgIpc) is 2.92. The summed E-state index contributed by atoms with van der Waals surface area (Å²) in [6.45, 7) is 3.53. The minimum atomic E-state index is -4.94. The molecule has 0 fully saturated rings. The van der Waals surface area contributed by atoms with Gasteiger partial charge in [-0.1, -0.05) is 29.8 Å². The highest BCUT2D eigenvalue weighted by Gasteiger charge is 2.39. The number of carbonyl (C=O) groups is 1. The number of hydrogen-bond donors (Lipinski definition) is 2. The largest absolute Gasteiger partial charge is 0.471 e. The molecular weight excluding hydrogens is 317 g/mol. The van der Waals surface area contributed by atoms with Gasteiger partial charge in [-0.05, 0) is 37.6 Å². The standard InChI is InChI=1S/C18H15F3N2O/c1-10-7-11(2)16(23-17(24)18(19,20)21)13(8-10)15-9-12-5-3-4-6-14(12)22-15/h3-9,22H,1-2H3,(H,23,24). The minimum Gasteiger partial charge on any atom is -0.354 e. The molecule has 24 heavy (non-hydrogen) atoms. The van der Waals surface area contributed by atoms with E-state index in [0.29, 0.717) is 16.8 Å². The van der Waals surface area contributed by atoms with Crippen LogP contribution < -0.4 is 5.32 Å². The zero-order valence-electron chi connectivity index (χ0n) is 13.1. The second-order valence-corrected chi connectivity index (χ2v) is 5.73. The Morgan fingerprint density at radius 3 is 2.46 bits per heavy atom. The Labute approximate surface area is 136 Å². The number of fused-ring (bicyclic) bond motifs is 1. The van der Waals surface area contributed by atoms with Crippen molar-refractivity contribution in [2.24, 2.45) is 0 Å². The van der Waals surface area contributed by atoms with E-state index in [1.165, 1.54) is 0 Å². The Bertz CT molecular complexity index is 893. The molecule has 1 heterocycles. The lowest BCUT2D eigenvalue weighted by Crippen LogP contribution is -2.30. The van der Waals surface area contributed by atoms with Gasteiger partial charge in [-0.2, -0.15) is 13.2 Å². The van der Waals surface area contributed by atoms with Crippen LogP contribution in [0.2, 0.25) is 0 Å². The van der Waals surface area contributed by atoms with E-state index in [9.17, 15) is 18.0 Å². The smallest absolute Gasteiger partial charge is 0.354 e. The van der Waals surface area contributed by atoms with Crippen LogP contribution in [0.25, 0.3) is 22.2 Å². The molecule has 1 aromatic heterocycles. The van der Waals surface area contributed by atoms with Crippen molar-refractivity contribution in [3.8, 4) is 11.3 Å². The van der Waals surface area contributed by atoms with Gasteiger partial charge in [-0.15, -0.1) is 0 Å². The van der Waals surface area contributed by atoms with Crippen molar-refractivity contribution < 1.29 is 18.0 Å². The van der Waals surface area contributed by atoms with Crippen LogP contribution in [0, 0.1) is 13.8 Å². The lowest BCUT2D eigenvalue weighted by atomic mass is 10.0. The molecule has 124 valence electrons. The molecule has 0 aliphatic heterocycles. The van der Waals surface area contributed by atoms with Crippen LogP contribution in [0.4, 0.5) is 18.9 Å². The summed E-state index contributed by atoms with van der Waals surface area (Å²) in [6.07, 6.45) is -4.94. The molecule has 6 heteroatoms. The summed E-state index contributed by atoms with van der Waals surface area (Å²) in [7, 11) is 0. The summed E-state index contributed by atoms with van der Waals surface area (Å²) in [6, 6.07) is 12.9. The van der Waals surface area contributed by atoms with Crippen molar-refractivity contribution in [2.45, 2.75) is 20.0 Å². The molecular formula is C18H15F3N2O. The third kappa shape index (κ3) is 2.99. The van der Waals surface area contributed by atoms with Crippen LogP contribution in [0.3, 0.4) is 0 Å². The first kappa shape index (κ1) is 16.1. The SMILES string of the molecule is Cc1cc(C)c(NC(=O)C(F)(F)F)c(-c2cc3ccccc3[nH]2)c1. The van der Waals surface area contributed by atoms with Gasteiger partial charge in [0.1, 0.15) is 0 Å². The number of anilines is 1. The number of nitrogens with one attached hydrogen (secondary N) is 2. The number of aryl methyl sites for hydroxylation is 2. The van der Waals surface area contributed by atoms with Gasteiger partial charge < -0.3 is 10.3 Å². The Morgan fingerprint density at radius 2 is 1.79 bits per heavy atom. The highest BCUT2D eigenvalue weighted by molar-refractivity contribution is 6.00. The highest BCUT2D eigenvalue weighted by atomic mass is 19.4. The molecule has 0 radical (unpaired) electrons. The fourth-order valence-corrected chi connectivity index (χ4v) is 2.75. The fourth-order valence-electron chi connectivity index (χ4n) is 2.75. The molecule has 0 aliphatic carbocycles. The van der Waals surface area contributed by atoms with Crippen molar-refractivity contribution in [2.75, 3.05) is 5.32 Å². The van der Waals surface area contributed by atoms with Crippen molar-refractivity contribution in [1.29, 1.82) is 0 Å². The van der Waals surface area contributed by atoms with Gasteiger partial charge in [0.2, 0.25) is 0 Å². The summed E-state index contributed by atoms with van der Waals surface area (Å²) in [4.78, 5) is 14.6. The normalized spacial score (nSPS) is 11.7. The molecule has 0 unspecified atom stereocenters. The minimum absolute atomic E-state index is 0.162. The number of halogens is 3. The molecule has 0 spiro atoms. The second kappa shape index (κ2) is 5.70. The van der Waals surface area contributed by atoms with E-state index < -0.39 is 12.1 Å².